The molecule has 0 saturated heterocycles. The van der Waals surface area contributed by atoms with Crippen LogP contribution in [0.4, 0.5) is 0 Å². The lowest BCUT2D eigenvalue weighted by atomic mass is 10.1. The van der Waals surface area contributed by atoms with Crippen LogP contribution in [-0.2, 0) is 11.3 Å². The molecule has 136 valence electrons. The Labute approximate surface area is 158 Å². The van der Waals surface area contributed by atoms with Crippen LogP contribution in [0.5, 0.6) is 0 Å². The minimum atomic E-state index is -0.384. The van der Waals surface area contributed by atoms with E-state index < -0.39 is 0 Å². The zero-order valence-corrected chi connectivity index (χ0v) is 15.2. The van der Waals surface area contributed by atoms with Gasteiger partial charge in [0, 0.05) is 18.3 Å². The maximum atomic E-state index is 12.3. The second-order valence-corrected chi connectivity index (χ2v) is 6.17. The van der Waals surface area contributed by atoms with E-state index in [1.165, 1.54) is 7.11 Å². The molecule has 1 N–H and O–H groups in total. The topological polar surface area (TPSA) is 68.3 Å². The number of hydrogen-bond acceptors (Lipinski definition) is 4. The predicted molar refractivity (Wildman–Crippen MR) is 103 cm³/mol. The van der Waals surface area contributed by atoms with Crippen molar-refractivity contribution in [3.8, 4) is 11.3 Å². The molecular formula is C22H20N2O3. The van der Waals surface area contributed by atoms with E-state index >= 15 is 0 Å². The van der Waals surface area contributed by atoms with E-state index in [0.29, 0.717) is 17.7 Å². The lowest BCUT2D eigenvalue weighted by Gasteiger charge is -2.07. The Hall–Kier alpha value is -3.47. The van der Waals surface area contributed by atoms with Gasteiger partial charge >= 0.3 is 5.97 Å². The summed E-state index contributed by atoms with van der Waals surface area (Å²) in [6.45, 7) is 2.39. The number of rotatable bonds is 5. The number of carbonyl (C=O) groups is 2. The largest absolute Gasteiger partial charge is 0.465 e. The van der Waals surface area contributed by atoms with Crippen LogP contribution in [0.2, 0.25) is 0 Å². The smallest absolute Gasteiger partial charge is 0.337 e. The summed E-state index contributed by atoms with van der Waals surface area (Å²) in [6.07, 6.45) is 1.58. The molecule has 2 aromatic carbocycles. The van der Waals surface area contributed by atoms with Crippen LogP contribution in [0.1, 0.15) is 31.8 Å². The van der Waals surface area contributed by atoms with E-state index in [-0.39, 0.29) is 11.9 Å². The number of pyridine rings is 1. The van der Waals surface area contributed by atoms with Gasteiger partial charge in [0.15, 0.2) is 0 Å². The lowest BCUT2D eigenvalue weighted by molar-refractivity contribution is 0.0600. The highest BCUT2D eigenvalue weighted by molar-refractivity contribution is 5.94. The van der Waals surface area contributed by atoms with E-state index in [1.54, 1.807) is 36.5 Å². The van der Waals surface area contributed by atoms with Gasteiger partial charge in [0.1, 0.15) is 0 Å². The molecule has 0 saturated carbocycles. The summed E-state index contributed by atoms with van der Waals surface area (Å²) in [4.78, 5) is 28.1. The third-order valence-electron chi connectivity index (χ3n) is 4.17. The monoisotopic (exact) mass is 360 g/mol. The van der Waals surface area contributed by atoms with Gasteiger partial charge in [-0.15, -0.1) is 0 Å². The lowest BCUT2D eigenvalue weighted by Crippen LogP contribution is -2.22. The van der Waals surface area contributed by atoms with Crippen LogP contribution >= 0.6 is 0 Å². The third-order valence-corrected chi connectivity index (χ3v) is 4.17. The van der Waals surface area contributed by atoms with E-state index in [1.807, 2.05) is 31.2 Å². The molecule has 0 aliphatic rings. The normalized spacial score (nSPS) is 10.3. The van der Waals surface area contributed by atoms with Crippen molar-refractivity contribution in [2.75, 3.05) is 7.11 Å². The van der Waals surface area contributed by atoms with Gasteiger partial charge in [0.05, 0.1) is 23.9 Å². The van der Waals surface area contributed by atoms with Crippen molar-refractivity contribution in [3.63, 3.8) is 0 Å². The first-order valence-corrected chi connectivity index (χ1v) is 8.55. The highest BCUT2D eigenvalue weighted by Gasteiger charge is 2.08. The van der Waals surface area contributed by atoms with Crippen molar-refractivity contribution < 1.29 is 14.3 Å². The fourth-order valence-corrected chi connectivity index (χ4v) is 2.66. The van der Waals surface area contributed by atoms with Crippen LogP contribution in [0.25, 0.3) is 11.3 Å². The van der Waals surface area contributed by atoms with E-state index in [9.17, 15) is 9.59 Å². The van der Waals surface area contributed by atoms with Crippen molar-refractivity contribution >= 4 is 11.9 Å². The molecule has 1 heterocycles. The van der Waals surface area contributed by atoms with Crippen molar-refractivity contribution in [1.29, 1.82) is 0 Å². The molecule has 0 radical (unpaired) electrons. The number of methoxy groups -OCH3 is 1. The Morgan fingerprint density at radius 1 is 1.00 bits per heavy atom. The number of carbonyl (C=O) groups excluding carboxylic acids is 2. The van der Waals surface area contributed by atoms with Crippen LogP contribution in [-0.4, -0.2) is 24.0 Å². The molecule has 0 spiro atoms. The molecule has 0 aliphatic carbocycles. The summed E-state index contributed by atoms with van der Waals surface area (Å²) < 4.78 is 4.66. The van der Waals surface area contributed by atoms with E-state index in [4.69, 9.17) is 0 Å². The standard InChI is InChI=1S/C22H20N2O3/c1-15-4-3-5-18(12-15)20-11-10-19(14-23-20)21(25)24-13-16-6-8-17(9-7-16)22(26)27-2/h3-12,14H,13H2,1-2H3,(H,24,25). The van der Waals surface area contributed by atoms with Crippen LogP contribution < -0.4 is 5.32 Å². The first-order chi connectivity index (χ1) is 13.1. The molecule has 3 rings (SSSR count). The zero-order chi connectivity index (χ0) is 19.2. The van der Waals surface area contributed by atoms with E-state index in [0.717, 1.165) is 22.4 Å². The first-order valence-electron chi connectivity index (χ1n) is 8.55. The van der Waals surface area contributed by atoms with E-state index in [2.05, 4.69) is 21.1 Å². The molecule has 0 aliphatic heterocycles. The Morgan fingerprint density at radius 2 is 1.74 bits per heavy atom. The summed E-state index contributed by atoms with van der Waals surface area (Å²) in [7, 11) is 1.34. The minimum absolute atomic E-state index is 0.199. The van der Waals surface area contributed by atoms with Gasteiger partial charge in [-0.25, -0.2) is 4.79 Å². The average Bonchev–Trinajstić information content (AvgIpc) is 2.72. The summed E-state index contributed by atoms with van der Waals surface area (Å²) in [6, 6.07) is 18.6. The minimum Gasteiger partial charge on any atom is -0.465 e. The summed E-state index contributed by atoms with van der Waals surface area (Å²) in [5.41, 5.74) is 4.87. The third kappa shape index (κ3) is 4.58. The van der Waals surface area contributed by atoms with Gasteiger partial charge in [0.25, 0.3) is 5.91 Å². The van der Waals surface area contributed by atoms with Crippen LogP contribution in [0, 0.1) is 6.92 Å². The molecule has 5 nitrogen and oxygen atoms in total. The quantitative estimate of drug-likeness (QED) is 0.703. The number of amides is 1. The van der Waals surface area contributed by atoms with Crippen molar-refractivity contribution in [1.82, 2.24) is 10.3 Å². The molecule has 1 aromatic heterocycles. The van der Waals surface area contributed by atoms with Crippen molar-refractivity contribution in [3.05, 3.63) is 89.1 Å². The second kappa shape index (κ2) is 8.27. The SMILES string of the molecule is COC(=O)c1ccc(CNC(=O)c2ccc(-c3cccc(C)c3)nc2)cc1. The van der Waals surface area contributed by atoms with Crippen LogP contribution in [0.3, 0.4) is 0 Å². The number of hydrogen-bond donors (Lipinski definition) is 1. The van der Waals surface area contributed by atoms with Gasteiger partial charge in [0.2, 0.25) is 0 Å². The molecule has 0 bridgehead atoms. The Bertz CT molecular complexity index is 948. The Kier molecular flexibility index (Phi) is 5.61. The van der Waals surface area contributed by atoms with Gasteiger partial charge < -0.3 is 10.1 Å². The number of nitrogens with one attached hydrogen (secondary N) is 1. The summed E-state index contributed by atoms with van der Waals surface area (Å²) >= 11 is 0. The fraction of sp³-hybridized carbons (Fsp3) is 0.136. The average molecular weight is 360 g/mol. The molecular weight excluding hydrogens is 340 g/mol. The van der Waals surface area contributed by atoms with Gasteiger partial charge in [-0.3, -0.25) is 9.78 Å². The summed E-state index contributed by atoms with van der Waals surface area (Å²) in [5.74, 6) is -0.583. The Morgan fingerprint density at radius 3 is 2.37 bits per heavy atom. The fourth-order valence-electron chi connectivity index (χ4n) is 2.66. The maximum Gasteiger partial charge on any atom is 0.337 e. The second-order valence-electron chi connectivity index (χ2n) is 6.17. The van der Waals surface area contributed by atoms with Crippen molar-refractivity contribution in [2.24, 2.45) is 0 Å². The number of ether oxygens (including phenoxy) is 1. The van der Waals surface area contributed by atoms with Crippen LogP contribution in [0.15, 0.2) is 66.9 Å². The van der Waals surface area contributed by atoms with Gasteiger partial charge in [-0.1, -0.05) is 35.9 Å². The molecule has 0 fully saturated rings. The molecule has 27 heavy (non-hydrogen) atoms. The van der Waals surface area contributed by atoms with Gasteiger partial charge in [-0.05, 0) is 42.8 Å². The molecule has 0 atom stereocenters. The molecule has 3 aromatic rings. The molecule has 5 heteroatoms. The predicted octanol–water partition coefficient (Wildman–Crippen LogP) is 3.77. The number of aromatic nitrogens is 1. The molecule has 1 amide bonds. The number of esters is 1. The molecule has 0 unspecified atom stereocenters. The van der Waals surface area contributed by atoms with Crippen molar-refractivity contribution in [2.45, 2.75) is 13.5 Å². The zero-order valence-electron chi connectivity index (χ0n) is 15.2. The highest BCUT2D eigenvalue weighted by atomic mass is 16.5. The maximum absolute atomic E-state index is 12.3. The number of benzene rings is 2. The Balaban J connectivity index is 1.62. The van der Waals surface area contributed by atoms with Gasteiger partial charge in [-0.2, -0.15) is 0 Å². The summed E-state index contributed by atoms with van der Waals surface area (Å²) in [5, 5.41) is 2.85. The number of nitrogens with zero attached hydrogens (tertiary/aromatic N) is 1. The number of aryl methyl sites for hydroxylation is 1. The highest BCUT2D eigenvalue weighted by Crippen LogP contribution is 2.18. The first kappa shape index (κ1) is 18.3.